The number of rotatable bonds is 9. The number of amides is 1. The van der Waals surface area contributed by atoms with E-state index in [1.54, 1.807) is 18.2 Å². The maximum absolute atomic E-state index is 12.2. The maximum Gasteiger partial charge on any atom is 0.321 e. The van der Waals surface area contributed by atoms with E-state index in [1.165, 1.54) is 0 Å². The maximum atomic E-state index is 12.2. The fraction of sp³-hybridized carbons (Fsp3) is 0.529. The molecule has 3 N–H and O–H groups in total. The number of morpholine rings is 1. The number of benzene rings is 1. The molecule has 1 fully saturated rings. The lowest BCUT2D eigenvalue weighted by molar-refractivity contribution is -0.141. The van der Waals surface area contributed by atoms with Crippen LogP contribution in [-0.2, 0) is 14.3 Å². The standard InChI is InChI=1S/C17H23Cl2N3O4/c18-12-3-1-4-13(19)16(12)21-15(23)11-14(17(24)25)20-5-2-6-22-7-9-26-10-8-22/h1,3-4,14,20H,2,5-11H2,(H,21,23)(H,24,25)/t14-/m1/s1. The van der Waals surface area contributed by atoms with Gasteiger partial charge in [0.2, 0.25) is 5.91 Å². The van der Waals surface area contributed by atoms with Gasteiger partial charge in [0.1, 0.15) is 6.04 Å². The lowest BCUT2D eigenvalue weighted by Gasteiger charge is -2.26. The summed E-state index contributed by atoms with van der Waals surface area (Å²) in [5.41, 5.74) is 0.289. The van der Waals surface area contributed by atoms with E-state index in [1.807, 2.05) is 0 Å². The van der Waals surface area contributed by atoms with Crippen LogP contribution in [-0.4, -0.2) is 67.3 Å². The van der Waals surface area contributed by atoms with E-state index < -0.39 is 17.9 Å². The molecule has 1 atom stereocenters. The van der Waals surface area contributed by atoms with Crippen LogP contribution < -0.4 is 10.6 Å². The molecule has 0 aromatic heterocycles. The Labute approximate surface area is 162 Å². The SMILES string of the molecule is O=C(C[C@@H](NCCCN1CCOCC1)C(=O)O)Nc1c(Cl)cccc1Cl. The van der Waals surface area contributed by atoms with Crippen molar-refractivity contribution in [3.8, 4) is 0 Å². The Morgan fingerprint density at radius 3 is 2.50 bits per heavy atom. The Morgan fingerprint density at radius 1 is 1.23 bits per heavy atom. The monoisotopic (exact) mass is 403 g/mol. The van der Waals surface area contributed by atoms with Gasteiger partial charge in [-0.2, -0.15) is 0 Å². The lowest BCUT2D eigenvalue weighted by Crippen LogP contribution is -2.42. The van der Waals surface area contributed by atoms with Crippen molar-refractivity contribution in [2.75, 3.05) is 44.7 Å². The highest BCUT2D eigenvalue weighted by atomic mass is 35.5. The molecule has 1 aliphatic rings. The first kappa shape index (κ1) is 20.9. The summed E-state index contributed by atoms with van der Waals surface area (Å²) in [5, 5.41) is 15.4. The van der Waals surface area contributed by atoms with Crippen LogP contribution in [0, 0.1) is 0 Å². The number of anilines is 1. The molecular weight excluding hydrogens is 381 g/mol. The van der Waals surface area contributed by atoms with Gasteiger partial charge in [-0.25, -0.2) is 0 Å². The normalized spacial score (nSPS) is 16.2. The second-order valence-corrected chi connectivity index (χ2v) is 6.82. The van der Waals surface area contributed by atoms with Crippen molar-refractivity contribution in [1.29, 1.82) is 0 Å². The van der Waals surface area contributed by atoms with Crippen molar-refractivity contribution >= 4 is 40.8 Å². The molecule has 1 aliphatic heterocycles. The molecule has 26 heavy (non-hydrogen) atoms. The van der Waals surface area contributed by atoms with Gasteiger partial charge in [-0.15, -0.1) is 0 Å². The van der Waals surface area contributed by atoms with Crippen LogP contribution in [0.25, 0.3) is 0 Å². The highest BCUT2D eigenvalue weighted by molar-refractivity contribution is 6.39. The van der Waals surface area contributed by atoms with Gasteiger partial charge in [0, 0.05) is 13.1 Å². The zero-order valence-corrected chi connectivity index (χ0v) is 15.9. The molecule has 1 amide bonds. The average molecular weight is 404 g/mol. The molecule has 7 nitrogen and oxygen atoms in total. The summed E-state index contributed by atoms with van der Waals surface area (Å²) in [5.74, 6) is -1.54. The van der Waals surface area contributed by atoms with Crippen LogP contribution in [0.1, 0.15) is 12.8 Å². The number of nitrogens with one attached hydrogen (secondary N) is 2. The van der Waals surface area contributed by atoms with Gasteiger partial charge in [-0.1, -0.05) is 29.3 Å². The molecule has 2 rings (SSSR count). The zero-order chi connectivity index (χ0) is 18.9. The van der Waals surface area contributed by atoms with Gasteiger partial charge in [0.25, 0.3) is 0 Å². The molecule has 0 saturated carbocycles. The molecule has 1 saturated heterocycles. The Bertz CT molecular complexity index is 604. The Morgan fingerprint density at radius 2 is 1.88 bits per heavy atom. The van der Waals surface area contributed by atoms with Gasteiger partial charge < -0.3 is 20.5 Å². The van der Waals surface area contributed by atoms with Crippen LogP contribution in [0.3, 0.4) is 0 Å². The van der Waals surface area contributed by atoms with Gasteiger partial charge in [0.05, 0.1) is 35.4 Å². The Kier molecular flexibility index (Phi) is 8.61. The summed E-state index contributed by atoms with van der Waals surface area (Å²) in [6.07, 6.45) is 0.580. The number of carbonyl (C=O) groups excluding carboxylic acids is 1. The van der Waals surface area contributed by atoms with Crippen LogP contribution >= 0.6 is 23.2 Å². The first-order valence-corrected chi connectivity index (χ1v) is 9.23. The minimum absolute atomic E-state index is 0.214. The summed E-state index contributed by atoms with van der Waals surface area (Å²) in [6, 6.07) is 3.89. The van der Waals surface area contributed by atoms with E-state index in [4.69, 9.17) is 27.9 Å². The molecule has 1 heterocycles. The van der Waals surface area contributed by atoms with Crippen LogP contribution in [0.15, 0.2) is 18.2 Å². The fourth-order valence-electron chi connectivity index (χ4n) is 2.64. The topological polar surface area (TPSA) is 90.9 Å². The van der Waals surface area contributed by atoms with E-state index in [2.05, 4.69) is 15.5 Å². The number of carbonyl (C=O) groups is 2. The van der Waals surface area contributed by atoms with Crippen molar-refractivity contribution in [3.63, 3.8) is 0 Å². The third-order valence-corrected chi connectivity index (χ3v) is 4.69. The molecule has 1 aromatic rings. The van der Waals surface area contributed by atoms with Gasteiger partial charge in [-0.3, -0.25) is 14.5 Å². The molecule has 0 aliphatic carbocycles. The zero-order valence-electron chi connectivity index (χ0n) is 14.3. The van der Waals surface area contributed by atoms with E-state index in [-0.39, 0.29) is 12.1 Å². The number of carboxylic acids is 1. The average Bonchev–Trinajstić information content (AvgIpc) is 2.61. The third-order valence-electron chi connectivity index (χ3n) is 4.06. The van der Waals surface area contributed by atoms with Crippen LogP contribution in [0.4, 0.5) is 5.69 Å². The fourth-order valence-corrected chi connectivity index (χ4v) is 3.14. The third kappa shape index (κ3) is 6.74. The molecule has 0 unspecified atom stereocenters. The summed E-state index contributed by atoms with van der Waals surface area (Å²) < 4.78 is 5.29. The Balaban J connectivity index is 1.77. The number of halogens is 2. The highest BCUT2D eigenvalue weighted by Gasteiger charge is 2.21. The predicted molar refractivity (Wildman–Crippen MR) is 101 cm³/mol. The highest BCUT2D eigenvalue weighted by Crippen LogP contribution is 2.29. The number of para-hydroxylation sites is 1. The Hall–Kier alpha value is -1.38. The molecule has 0 spiro atoms. The van der Waals surface area contributed by atoms with Crippen molar-refractivity contribution in [1.82, 2.24) is 10.2 Å². The van der Waals surface area contributed by atoms with Crippen LogP contribution in [0.2, 0.25) is 10.0 Å². The molecule has 1 aromatic carbocycles. The van der Waals surface area contributed by atoms with Gasteiger partial charge >= 0.3 is 5.97 Å². The summed E-state index contributed by atoms with van der Waals surface area (Å²) in [7, 11) is 0. The molecule has 0 radical (unpaired) electrons. The number of aliphatic carboxylic acids is 1. The van der Waals surface area contributed by atoms with Crippen molar-refractivity contribution in [2.45, 2.75) is 18.9 Å². The smallest absolute Gasteiger partial charge is 0.321 e. The van der Waals surface area contributed by atoms with Gasteiger partial charge in [0.15, 0.2) is 0 Å². The minimum atomic E-state index is -1.07. The molecule has 9 heteroatoms. The quantitative estimate of drug-likeness (QED) is 0.546. The number of nitrogens with zero attached hydrogens (tertiary/aromatic N) is 1. The second kappa shape index (κ2) is 10.7. The van der Waals surface area contributed by atoms with Crippen molar-refractivity contribution in [3.05, 3.63) is 28.2 Å². The number of carboxylic acid groups (broad SMARTS) is 1. The lowest BCUT2D eigenvalue weighted by atomic mass is 10.2. The van der Waals surface area contributed by atoms with Crippen LogP contribution in [0.5, 0.6) is 0 Å². The number of hydrogen-bond donors (Lipinski definition) is 3. The summed E-state index contributed by atoms with van der Waals surface area (Å²) in [6.45, 7) is 4.62. The largest absolute Gasteiger partial charge is 0.480 e. The first-order chi connectivity index (χ1) is 12.5. The van der Waals surface area contributed by atoms with E-state index in [0.717, 1.165) is 39.3 Å². The first-order valence-electron chi connectivity index (χ1n) is 8.47. The van der Waals surface area contributed by atoms with E-state index in [0.29, 0.717) is 16.6 Å². The number of ether oxygens (including phenoxy) is 1. The number of hydrogen-bond acceptors (Lipinski definition) is 5. The van der Waals surface area contributed by atoms with Crippen molar-refractivity contribution in [2.24, 2.45) is 0 Å². The van der Waals surface area contributed by atoms with Crippen molar-refractivity contribution < 1.29 is 19.4 Å². The van der Waals surface area contributed by atoms with Gasteiger partial charge in [-0.05, 0) is 31.6 Å². The summed E-state index contributed by atoms with van der Waals surface area (Å²) >= 11 is 12.0. The van der Waals surface area contributed by atoms with E-state index >= 15 is 0 Å². The minimum Gasteiger partial charge on any atom is -0.480 e. The molecule has 144 valence electrons. The second-order valence-electron chi connectivity index (χ2n) is 6.00. The molecule has 0 bridgehead atoms. The predicted octanol–water partition coefficient (Wildman–Crippen LogP) is 2.09. The molecular formula is C17H23Cl2N3O4. The van der Waals surface area contributed by atoms with E-state index in [9.17, 15) is 14.7 Å². The summed E-state index contributed by atoms with van der Waals surface area (Å²) in [4.78, 5) is 25.8.